The van der Waals surface area contributed by atoms with Gasteiger partial charge in [-0.15, -0.1) is 36.2 Å². The van der Waals surface area contributed by atoms with Crippen LogP contribution in [-0.2, 0) is 16.1 Å². The first-order valence-corrected chi connectivity index (χ1v) is 9.30. The van der Waals surface area contributed by atoms with Crippen LogP contribution in [0.4, 0.5) is 5.13 Å². The number of rotatable bonds is 5. The quantitative estimate of drug-likeness (QED) is 0.778. The van der Waals surface area contributed by atoms with Crippen LogP contribution in [0.2, 0.25) is 0 Å². The Bertz CT molecular complexity index is 540. The summed E-state index contributed by atoms with van der Waals surface area (Å²) in [6, 6.07) is 0.0469. The molecule has 0 unspecified atom stereocenters. The lowest BCUT2D eigenvalue weighted by Gasteiger charge is -2.32. The Hall–Kier alpha value is -0.600. The smallest absolute Gasteiger partial charge is 0.223 e. The molecular weight excluding hydrogens is 383 g/mol. The van der Waals surface area contributed by atoms with Gasteiger partial charge in [0.25, 0.3) is 0 Å². The van der Waals surface area contributed by atoms with Crippen molar-refractivity contribution >= 4 is 47.2 Å². The number of carbonyl (C=O) groups excluding carboxylic acids is 1. The third kappa shape index (κ3) is 5.69. The van der Waals surface area contributed by atoms with Gasteiger partial charge in [-0.3, -0.25) is 4.79 Å². The van der Waals surface area contributed by atoms with Crippen LogP contribution < -0.4 is 16.0 Å². The first-order chi connectivity index (χ1) is 11.2. The van der Waals surface area contributed by atoms with E-state index in [1.54, 1.807) is 18.4 Å². The number of carbonyl (C=O) groups is 1. The van der Waals surface area contributed by atoms with Crippen LogP contribution in [0.15, 0.2) is 5.38 Å². The second-order valence-corrected chi connectivity index (χ2v) is 7.32. The molecule has 2 fully saturated rings. The molecule has 9 heteroatoms. The molecule has 0 spiro atoms. The highest BCUT2D eigenvalue weighted by Crippen LogP contribution is 2.26. The van der Waals surface area contributed by atoms with Crippen LogP contribution in [0.1, 0.15) is 37.8 Å². The number of nitrogens with zero attached hydrogens (tertiary/aromatic N) is 2. The van der Waals surface area contributed by atoms with Crippen LogP contribution in [0.5, 0.6) is 0 Å². The zero-order valence-corrected chi connectivity index (χ0v) is 16.9. The summed E-state index contributed by atoms with van der Waals surface area (Å²) in [6.45, 7) is 2.70. The third-order valence-corrected chi connectivity index (χ3v) is 5.83. The summed E-state index contributed by atoms with van der Waals surface area (Å²) in [4.78, 5) is 19.3. The van der Waals surface area contributed by atoms with E-state index in [1.807, 2.05) is 5.38 Å². The molecule has 0 aromatic carbocycles. The van der Waals surface area contributed by atoms with Crippen LogP contribution in [0, 0.1) is 5.92 Å². The van der Waals surface area contributed by atoms with Gasteiger partial charge >= 0.3 is 0 Å². The lowest BCUT2D eigenvalue weighted by atomic mass is 9.83. The average Bonchev–Trinajstić information content (AvgIpc) is 3.24. The highest BCUT2D eigenvalue weighted by molar-refractivity contribution is 7.13. The molecule has 3 atom stereocenters. The molecule has 0 radical (unpaired) electrons. The molecule has 6 nitrogen and oxygen atoms in total. The minimum absolute atomic E-state index is 0. The second kappa shape index (κ2) is 10.5. The summed E-state index contributed by atoms with van der Waals surface area (Å²) in [5, 5.41) is 6.15. The first-order valence-electron chi connectivity index (χ1n) is 8.43. The maximum absolute atomic E-state index is 12.4. The van der Waals surface area contributed by atoms with Crippen LogP contribution in [-0.4, -0.2) is 43.2 Å². The minimum Gasteiger partial charge on any atom is -0.380 e. The van der Waals surface area contributed by atoms with Crippen molar-refractivity contribution in [3.8, 4) is 0 Å². The number of thiazole rings is 1. The van der Waals surface area contributed by atoms with E-state index in [4.69, 9.17) is 10.5 Å². The number of methoxy groups -OCH3 is 1. The summed E-state index contributed by atoms with van der Waals surface area (Å²) >= 11 is 1.67. The molecule has 1 aliphatic carbocycles. The van der Waals surface area contributed by atoms with E-state index >= 15 is 0 Å². The summed E-state index contributed by atoms with van der Waals surface area (Å²) < 4.78 is 5.39. The molecule has 1 saturated carbocycles. The van der Waals surface area contributed by atoms with Crippen LogP contribution in [0.3, 0.4) is 0 Å². The topological polar surface area (TPSA) is 80.5 Å². The highest BCUT2D eigenvalue weighted by atomic mass is 35.5. The van der Waals surface area contributed by atoms with Gasteiger partial charge in [0, 0.05) is 37.5 Å². The van der Waals surface area contributed by atoms with Gasteiger partial charge in [0.15, 0.2) is 5.13 Å². The molecule has 0 bridgehead atoms. The maximum Gasteiger partial charge on any atom is 0.223 e. The van der Waals surface area contributed by atoms with Crippen LogP contribution >= 0.6 is 36.2 Å². The fraction of sp³-hybridized carbons (Fsp3) is 0.750. The predicted molar refractivity (Wildman–Crippen MR) is 106 cm³/mol. The van der Waals surface area contributed by atoms with Crippen molar-refractivity contribution in [3.63, 3.8) is 0 Å². The standard InChI is InChI=1S/C16H26N4O2S.2ClH/c1-22-14-8-11(4-5-13(14)17)15(21)18-9-12-10-23-16(19-12)20-6-2-3-7-20;;/h10-11,13-14H,2-9,17H2,1H3,(H,18,21);2*1H/t11-,13+,14+;;/m0../s1. The van der Waals surface area contributed by atoms with Crippen molar-refractivity contribution in [1.29, 1.82) is 0 Å². The van der Waals surface area contributed by atoms with Gasteiger partial charge in [0.1, 0.15) is 0 Å². The van der Waals surface area contributed by atoms with Gasteiger partial charge in [-0.25, -0.2) is 4.98 Å². The Kier molecular flexibility index (Phi) is 9.45. The molecule has 3 N–H and O–H groups in total. The number of halogens is 2. The molecule has 1 amide bonds. The lowest BCUT2D eigenvalue weighted by molar-refractivity contribution is -0.128. The Balaban J connectivity index is 0.00000156. The number of nitrogens with two attached hydrogens (primary N) is 1. The summed E-state index contributed by atoms with van der Waals surface area (Å²) in [6.07, 6.45) is 4.86. The zero-order chi connectivity index (χ0) is 16.2. The third-order valence-electron chi connectivity index (χ3n) is 4.88. The van der Waals surface area contributed by atoms with Gasteiger partial charge in [0.2, 0.25) is 5.91 Å². The number of amides is 1. The lowest BCUT2D eigenvalue weighted by Crippen LogP contribution is -2.45. The fourth-order valence-electron chi connectivity index (χ4n) is 3.41. The van der Waals surface area contributed by atoms with Crippen molar-refractivity contribution in [1.82, 2.24) is 10.3 Å². The van der Waals surface area contributed by atoms with Crippen molar-refractivity contribution < 1.29 is 9.53 Å². The van der Waals surface area contributed by atoms with E-state index in [9.17, 15) is 4.79 Å². The Morgan fingerprint density at radius 3 is 2.80 bits per heavy atom. The molecule has 3 rings (SSSR count). The molecule has 1 aliphatic heterocycles. The summed E-state index contributed by atoms with van der Waals surface area (Å²) in [5.74, 6) is 0.0890. The largest absolute Gasteiger partial charge is 0.380 e. The molecule has 2 heterocycles. The number of hydrogen-bond acceptors (Lipinski definition) is 6. The van der Waals surface area contributed by atoms with E-state index in [0.717, 1.165) is 36.8 Å². The van der Waals surface area contributed by atoms with E-state index in [0.29, 0.717) is 13.0 Å². The van der Waals surface area contributed by atoms with E-state index in [2.05, 4.69) is 15.2 Å². The van der Waals surface area contributed by atoms with Gasteiger partial charge in [-0.2, -0.15) is 0 Å². The molecule has 1 aromatic rings. The van der Waals surface area contributed by atoms with Gasteiger partial charge in [0.05, 0.1) is 18.3 Å². The monoisotopic (exact) mass is 410 g/mol. The highest BCUT2D eigenvalue weighted by Gasteiger charge is 2.32. The van der Waals surface area contributed by atoms with Crippen molar-refractivity contribution in [3.05, 3.63) is 11.1 Å². The Morgan fingerprint density at radius 2 is 2.12 bits per heavy atom. The molecule has 2 aliphatic rings. The van der Waals surface area contributed by atoms with Gasteiger partial charge in [-0.1, -0.05) is 0 Å². The number of anilines is 1. The fourth-order valence-corrected chi connectivity index (χ4v) is 4.29. The minimum atomic E-state index is -0.0134. The second-order valence-electron chi connectivity index (χ2n) is 6.48. The SMILES string of the molecule is CO[C@@H]1C[C@@H](C(=O)NCc2csc(N3CCCC3)n2)CC[C@H]1N.Cl.Cl. The molecule has 1 aromatic heterocycles. The van der Waals surface area contributed by atoms with E-state index in [1.165, 1.54) is 12.8 Å². The molecule has 144 valence electrons. The van der Waals surface area contributed by atoms with E-state index in [-0.39, 0.29) is 48.8 Å². The maximum atomic E-state index is 12.4. The Labute approximate surface area is 165 Å². The van der Waals surface area contributed by atoms with Crippen molar-refractivity contribution in [2.24, 2.45) is 11.7 Å². The number of nitrogens with one attached hydrogen (secondary N) is 1. The van der Waals surface area contributed by atoms with E-state index < -0.39 is 0 Å². The number of hydrogen-bond donors (Lipinski definition) is 2. The molecule has 25 heavy (non-hydrogen) atoms. The molecule has 1 saturated heterocycles. The zero-order valence-electron chi connectivity index (χ0n) is 14.5. The normalized spacial score (nSPS) is 25.8. The van der Waals surface area contributed by atoms with Crippen molar-refractivity contribution in [2.45, 2.75) is 50.8 Å². The molecular formula is C16H28Cl2N4O2S. The Morgan fingerprint density at radius 1 is 1.40 bits per heavy atom. The van der Waals surface area contributed by atoms with Gasteiger partial charge in [-0.05, 0) is 32.1 Å². The summed E-state index contributed by atoms with van der Waals surface area (Å²) in [5.41, 5.74) is 6.95. The predicted octanol–water partition coefficient (Wildman–Crippen LogP) is 2.35. The average molecular weight is 411 g/mol. The van der Waals surface area contributed by atoms with Crippen LogP contribution in [0.25, 0.3) is 0 Å². The van der Waals surface area contributed by atoms with Gasteiger partial charge < -0.3 is 20.7 Å². The number of aromatic nitrogens is 1. The summed E-state index contributed by atoms with van der Waals surface area (Å²) in [7, 11) is 1.67. The number of ether oxygens (including phenoxy) is 1. The first kappa shape index (κ1) is 22.4. The van der Waals surface area contributed by atoms with Crippen molar-refractivity contribution in [2.75, 3.05) is 25.1 Å².